The highest BCUT2D eigenvalue weighted by Gasteiger charge is 2.04. The first kappa shape index (κ1) is 15.1. The summed E-state index contributed by atoms with van der Waals surface area (Å²) >= 11 is 0. The summed E-state index contributed by atoms with van der Waals surface area (Å²) in [6, 6.07) is 0. The highest BCUT2D eigenvalue weighted by Crippen LogP contribution is 1.98. The van der Waals surface area contributed by atoms with Crippen molar-refractivity contribution in [1.82, 2.24) is 20.3 Å². The summed E-state index contributed by atoms with van der Waals surface area (Å²) in [6.07, 6.45) is 3.99. The average molecular weight is 269 g/mol. The minimum Gasteiger partial charge on any atom is -0.481 e. The van der Waals surface area contributed by atoms with Gasteiger partial charge in [0.2, 0.25) is 5.91 Å². The van der Waals surface area contributed by atoms with Gasteiger partial charge in [-0.1, -0.05) is 11.6 Å². The molecule has 0 unspecified atom stereocenters. The summed E-state index contributed by atoms with van der Waals surface area (Å²) in [5.41, 5.74) is 6.02. The van der Waals surface area contributed by atoms with E-state index in [2.05, 4.69) is 15.6 Å². The molecule has 0 aliphatic carbocycles. The number of carbonyl (C=O) groups is 2. The normalized spacial score (nSPS) is 10.4. The molecule has 0 aliphatic heterocycles. The Bertz CT molecular complexity index is 418. The standard InChI is InChI=1S/C11H19N5O3/c12-6-9-7-16(15-14-9)8-10(17)13-5-3-1-2-4-11(18)19/h7H,1-6,8,12H2,(H,13,17)(H,18,19). The van der Waals surface area contributed by atoms with Gasteiger partial charge >= 0.3 is 5.97 Å². The van der Waals surface area contributed by atoms with Crippen LogP contribution in [0.15, 0.2) is 6.20 Å². The second-order valence-electron chi connectivity index (χ2n) is 4.17. The Hall–Kier alpha value is -1.96. The van der Waals surface area contributed by atoms with E-state index in [1.54, 1.807) is 6.20 Å². The number of aromatic nitrogens is 3. The number of hydrogen-bond donors (Lipinski definition) is 3. The van der Waals surface area contributed by atoms with E-state index in [1.165, 1.54) is 4.68 Å². The quantitative estimate of drug-likeness (QED) is 0.519. The summed E-state index contributed by atoms with van der Waals surface area (Å²) in [4.78, 5) is 21.8. The molecule has 0 aliphatic rings. The first-order chi connectivity index (χ1) is 9.11. The van der Waals surface area contributed by atoms with Gasteiger partial charge in [-0.2, -0.15) is 0 Å². The van der Waals surface area contributed by atoms with Crippen molar-refractivity contribution in [2.24, 2.45) is 5.73 Å². The molecule has 1 aromatic heterocycles. The van der Waals surface area contributed by atoms with Crippen LogP contribution in [0.5, 0.6) is 0 Å². The number of rotatable bonds is 9. The van der Waals surface area contributed by atoms with Crippen molar-refractivity contribution in [3.05, 3.63) is 11.9 Å². The predicted molar refractivity (Wildman–Crippen MR) is 67.0 cm³/mol. The van der Waals surface area contributed by atoms with Crippen molar-refractivity contribution < 1.29 is 14.7 Å². The number of carbonyl (C=O) groups excluding carboxylic acids is 1. The lowest BCUT2D eigenvalue weighted by Gasteiger charge is -2.04. The monoisotopic (exact) mass is 269 g/mol. The Labute approximate surface area is 111 Å². The summed E-state index contributed by atoms with van der Waals surface area (Å²) in [5.74, 6) is -0.933. The van der Waals surface area contributed by atoms with Crippen LogP contribution in [-0.4, -0.2) is 38.5 Å². The number of carboxylic acids is 1. The lowest BCUT2D eigenvalue weighted by Crippen LogP contribution is -2.28. The van der Waals surface area contributed by atoms with Crippen LogP contribution >= 0.6 is 0 Å². The van der Waals surface area contributed by atoms with E-state index < -0.39 is 5.97 Å². The molecular formula is C11H19N5O3. The van der Waals surface area contributed by atoms with Gasteiger partial charge in [-0.15, -0.1) is 5.10 Å². The molecule has 0 bridgehead atoms. The van der Waals surface area contributed by atoms with Crippen molar-refractivity contribution in [2.45, 2.75) is 38.8 Å². The smallest absolute Gasteiger partial charge is 0.303 e. The number of amides is 1. The van der Waals surface area contributed by atoms with Crippen molar-refractivity contribution in [3.63, 3.8) is 0 Å². The van der Waals surface area contributed by atoms with E-state index in [0.717, 1.165) is 12.8 Å². The van der Waals surface area contributed by atoms with E-state index in [9.17, 15) is 9.59 Å². The molecule has 0 saturated carbocycles. The first-order valence-electron chi connectivity index (χ1n) is 6.19. The van der Waals surface area contributed by atoms with Gasteiger partial charge in [0, 0.05) is 19.5 Å². The first-order valence-corrected chi connectivity index (χ1v) is 6.19. The summed E-state index contributed by atoms with van der Waals surface area (Å²) < 4.78 is 1.43. The topological polar surface area (TPSA) is 123 Å². The minimum absolute atomic E-state index is 0.113. The second-order valence-corrected chi connectivity index (χ2v) is 4.17. The third kappa shape index (κ3) is 6.51. The second kappa shape index (κ2) is 8.20. The van der Waals surface area contributed by atoms with Gasteiger partial charge in [0.1, 0.15) is 6.54 Å². The molecule has 0 fully saturated rings. The molecule has 1 aromatic rings. The number of carboxylic acid groups (broad SMARTS) is 1. The molecular weight excluding hydrogens is 250 g/mol. The number of nitrogens with two attached hydrogens (primary N) is 1. The number of nitrogens with zero attached hydrogens (tertiary/aromatic N) is 3. The van der Waals surface area contributed by atoms with Crippen LogP contribution < -0.4 is 11.1 Å². The lowest BCUT2D eigenvalue weighted by atomic mass is 10.2. The van der Waals surface area contributed by atoms with Crippen LogP contribution in [0.4, 0.5) is 0 Å². The maximum Gasteiger partial charge on any atom is 0.303 e. The maximum absolute atomic E-state index is 11.5. The van der Waals surface area contributed by atoms with Gasteiger partial charge in [0.05, 0.1) is 11.9 Å². The summed E-state index contributed by atoms with van der Waals surface area (Å²) in [6.45, 7) is 0.949. The van der Waals surface area contributed by atoms with Crippen molar-refractivity contribution in [1.29, 1.82) is 0 Å². The largest absolute Gasteiger partial charge is 0.481 e. The predicted octanol–water partition coefficient (Wildman–Crippen LogP) is -0.502. The van der Waals surface area contributed by atoms with Gasteiger partial charge < -0.3 is 16.2 Å². The molecule has 0 radical (unpaired) electrons. The number of nitrogens with one attached hydrogen (secondary N) is 1. The Balaban J connectivity index is 2.09. The minimum atomic E-state index is -0.786. The molecule has 8 heteroatoms. The molecule has 1 heterocycles. The zero-order valence-electron chi connectivity index (χ0n) is 10.7. The number of hydrogen-bond acceptors (Lipinski definition) is 5. The lowest BCUT2D eigenvalue weighted by molar-refractivity contribution is -0.137. The van der Waals surface area contributed by atoms with Crippen LogP contribution in [0.3, 0.4) is 0 Å². The van der Waals surface area contributed by atoms with Crippen LogP contribution in [0, 0.1) is 0 Å². The molecule has 8 nitrogen and oxygen atoms in total. The fraction of sp³-hybridized carbons (Fsp3) is 0.636. The molecule has 4 N–H and O–H groups in total. The molecule has 0 aromatic carbocycles. The molecule has 0 spiro atoms. The van der Waals surface area contributed by atoms with Gasteiger partial charge in [-0.05, 0) is 12.8 Å². The highest BCUT2D eigenvalue weighted by atomic mass is 16.4. The van der Waals surface area contributed by atoms with Gasteiger partial charge in [-0.3, -0.25) is 9.59 Å². The van der Waals surface area contributed by atoms with Gasteiger partial charge in [-0.25, -0.2) is 4.68 Å². The molecule has 1 rings (SSSR count). The van der Waals surface area contributed by atoms with Crippen LogP contribution in [0.2, 0.25) is 0 Å². The Kier molecular flexibility index (Phi) is 6.51. The molecule has 0 saturated heterocycles. The van der Waals surface area contributed by atoms with Crippen LogP contribution in [0.1, 0.15) is 31.4 Å². The highest BCUT2D eigenvalue weighted by molar-refractivity contribution is 5.75. The van der Waals surface area contributed by atoms with Crippen LogP contribution in [-0.2, 0) is 22.7 Å². The molecule has 106 valence electrons. The van der Waals surface area contributed by atoms with Crippen molar-refractivity contribution in [2.75, 3.05) is 6.54 Å². The Morgan fingerprint density at radius 3 is 2.79 bits per heavy atom. The van der Waals surface area contributed by atoms with E-state index in [0.29, 0.717) is 25.2 Å². The van der Waals surface area contributed by atoms with Crippen molar-refractivity contribution >= 4 is 11.9 Å². The van der Waals surface area contributed by atoms with E-state index >= 15 is 0 Å². The summed E-state index contributed by atoms with van der Waals surface area (Å²) in [5, 5.41) is 18.7. The van der Waals surface area contributed by atoms with Gasteiger partial charge in [0.25, 0.3) is 0 Å². The van der Waals surface area contributed by atoms with Crippen LogP contribution in [0.25, 0.3) is 0 Å². The van der Waals surface area contributed by atoms with E-state index in [1.807, 2.05) is 0 Å². The Morgan fingerprint density at radius 1 is 1.37 bits per heavy atom. The van der Waals surface area contributed by atoms with Gasteiger partial charge in [0.15, 0.2) is 0 Å². The van der Waals surface area contributed by atoms with E-state index in [4.69, 9.17) is 10.8 Å². The molecule has 0 atom stereocenters. The third-order valence-corrected chi connectivity index (χ3v) is 2.49. The van der Waals surface area contributed by atoms with E-state index in [-0.39, 0.29) is 18.9 Å². The SMILES string of the molecule is NCc1cn(CC(=O)NCCCCCC(=O)O)nn1. The zero-order valence-corrected chi connectivity index (χ0v) is 10.7. The third-order valence-electron chi connectivity index (χ3n) is 2.49. The zero-order chi connectivity index (χ0) is 14.1. The summed E-state index contributed by atoms with van der Waals surface area (Å²) in [7, 11) is 0. The fourth-order valence-electron chi connectivity index (χ4n) is 1.52. The number of unbranched alkanes of at least 4 members (excludes halogenated alkanes) is 2. The average Bonchev–Trinajstić information content (AvgIpc) is 2.81. The van der Waals surface area contributed by atoms with Crippen molar-refractivity contribution in [3.8, 4) is 0 Å². The molecule has 19 heavy (non-hydrogen) atoms. The maximum atomic E-state index is 11.5. The molecule has 1 amide bonds. The number of aliphatic carboxylic acids is 1. The fourth-order valence-corrected chi connectivity index (χ4v) is 1.52. The Morgan fingerprint density at radius 2 is 2.16 bits per heavy atom.